The monoisotopic (exact) mass is 592 g/mol. The van der Waals surface area contributed by atoms with Crippen molar-refractivity contribution in [3.8, 4) is 23.0 Å². The molecule has 0 saturated heterocycles. The van der Waals surface area contributed by atoms with Gasteiger partial charge < -0.3 is 28.7 Å². The lowest BCUT2D eigenvalue weighted by Gasteiger charge is -2.11. The molecule has 0 aromatic heterocycles. The van der Waals surface area contributed by atoms with E-state index in [2.05, 4.69) is 0 Å². The van der Waals surface area contributed by atoms with Gasteiger partial charge in [0, 0.05) is 12.8 Å². The second kappa shape index (κ2) is 18.6. The van der Waals surface area contributed by atoms with E-state index in [-0.39, 0.29) is 0 Å². The Morgan fingerprint density at radius 2 is 1.07 bits per heavy atom. The predicted molar refractivity (Wildman–Crippen MR) is 158 cm³/mol. The maximum Gasteiger partial charge on any atom is 0.343 e. The van der Waals surface area contributed by atoms with Gasteiger partial charge in [0.25, 0.3) is 0 Å². The van der Waals surface area contributed by atoms with Crippen LogP contribution in [0.1, 0.15) is 53.0 Å². The van der Waals surface area contributed by atoms with Crippen molar-refractivity contribution in [3.05, 3.63) is 108 Å². The molecule has 10 nitrogen and oxygen atoms in total. The molecule has 10 heteroatoms. The van der Waals surface area contributed by atoms with Gasteiger partial charge in [-0.3, -0.25) is 0 Å². The molecule has 228 valence electrons. The highest BCUT2D eigenvalue weighted by Gasteiger charge is 2.14. The lowest BCUT2D eigenvalue weighted by molar-refractivity contribution is -0.249. The van der Waals surface area contributed by atoms with Crippen molar-refractivity contribution >= 4 is 11.9 Å². The number of carbonyl (C=O) groups is 2. The minimum absolute atomic E-state index is 0.322. The van der Waals surface area contributed by atoms with Gasteiger partial charge in [-0.1, -0.05) is 0 Å². The molecule has 0 aliphatic heterocycles. The van der Waals surface area contributed by atoms with Gasteiger partial charge in [-0.15, -0.1) is 0 Å². The number of esters is 2. The summed E-state index contributed by atoms with van der Waals surface area (Å²) >= 11 is 0. The molecule has 3 aromatic rings. The highest BCUT2D eigenvalue weighted by atomic mass is 17.2. The van der Waals surface area contributed by atoms with Crippen molar-refractivity contribution in [2.24, 2.45) is 0 Å². The fourth-order valence-corrected chi connectivity index (χ4v) is 3.40. The Morgan fingerprint density at radius 3 is 1.53 bits per heavy atom. The third-order valence-electron chi connectivity index (χ3n) is 5.54. The lowest BCUT2D eigenvalue weighted by atomic mass is 10.2. The summed E-state index contributed by atoms with van der Waals surface area (Å²) < 4.78 is 22.3. The summed E-state index contributed by atoms with van der Waals surface area (Å²) in [5, 5.41) is 0. The molecular weight excluding hydrogens is 556 g/mol. The third kappa shape index (κ3) is 11.9. The van der Waals surface area contributed by atoms with Crippen LogP contribution in [0.2, 0.25) is 0 Å². The second-order valence-corrected chi connectivity index (χ2v) is 8.93. The smallest absolute Gasteiger partial charge is 0.343 e. The van der Waals surface area contributed by atoms with E-state index in [9.17, 15) is 9.59 Å². The van der Waals surface area contributed by atoms with Gasteiger partial charge in [-0.05, 0) is 105 Å². The standard InChI is InChI=1S/C33H36O10/c1-4-18-38-40-22-6-20-36-28-12-8-26(9-13-28)32(34)42-30-16-17-31(25(3)24-30)43-33(35)27-10-14-29(15-11-27)37-21-7-23-41-39-19-5-2/h4-5,8-19,24H,6-7,20-23H2,1-3H3. The number of allylic oxidation sites excluding steroid dienone is 2. The summed E-state index contributed by atoms with van der Waals surface area (Å²) in [5.41, 5.74) is 1.36. The Kier molecular flexibility index (Phi) is 14.1. The van der Waals surface area contributed by atoms with Gasteiger partial charge in [-0.2, -0.15) is 9.78 Å². The van der Waals surface area contributed by atoms with Crippen LogP contribution in [0, 0.1) is 6.92 Å². The third-order valence-corrected chi connectivity index (χ3v) is 5.54. The molecule has 0 saturated carbocycles. The normalized spacial score (nSPS) is 11.0. The quantitative estimate of drug-likeness (QED) is 0.0385. The minimum atomic E-state index is -0.526. The first-order valence-electron chi connectivity index (χ1n) is 13.8. The largest absolute Gasteiger partial charge is 0.494 e. The number of hydrogen-bond donors (Lipinski definition) is 0. The summed E-state index contributed by atoms with van der Waals surface area (Å²) in [5.74, 6) is 0.862. The van der Waals surface area contributed by atoms with E-state index < -0.39 is 11.9 Å². The van der Waals surface area contributed by atoms with Crippen molar-refractivity contribution in [1.29, 1.82) is 0 Å². The zero-order chi connectivity index (χ0) is 30.7. The SMILES string of the molecule is CC=COOCCCOc1ccc(C(=O)Oc2ccc(OC(=O)c3ccc(OCCCOOC=CC)cc3)c(C)c2)cc1. The van der Waals surface area contributed by atoms with Gasteiger partial charge in [0.15, 0.2) is 0 Å². The predicted octanol–water partition coefficient (Wildman–Crippen LogP) is 6.93. The van der Waals surface area contributed by atoms with Gasteiger partial charge in [-0.25, -0.2) is 9.59 Å². The topological polar surface area (TPSA) is 108 Å². The number of hydrogen-bond acceptors (Lipinski definition) is 10. The maximum atomic E-state index is 12.7. The molecule has 0 radical (unpaired) electrons. The Bertz CT molecular complexity index is 1330. The van der Waals surface area contributed by atoms with Crippen LogP contribution in [0.25, 0.3) is 0 Å². The van der Waals surface area contributed by atoms with Crippen LogP contribution in [-0.4, -0.2) is 38.4 Å². The first-order chi connectivity index (χ1) is 21.0. The first-order valence-corrected chi connectivity index (χ1v) is 13.8. The van der Waals surface area contributed by atoms with Crippen LogP contribution in [0.4, 0.5) is 0 Å². The summed E-state index contributed by atoms with van der Waals surface area (Å²) in [7, 11) is 0. The Balaban J connectivity index is 1.43. The van der Waals surface area contributed by atoms with Crippen LogP contribution < -0.4 is 18.9 Å². The molecule has 0 aliphatic carbocycles. The minimum Gasteiger partial charge on any atom is -0.494 e. The molecule has 0 spiro atoms. The second-order valence-electron chi connectivity index (χ2n) is 8.93. The summed E-state index contributed by atoms with van der Waals surface area (Å²) in [6.07, 6.45) is 7.62. The molecule has 0 fully saturated rings. The number of carbonyl (C=O) groups excluding carboxylic acids is 2. The molecule has 3 rings (SSSR count). The van der Waals surface area contributed by atoms with Crippen molar-refractivity contribution < 1.29 is 48.1 Å². The molecule has 0 aliphatic rings. The van der Waals surface area contributed by atoms with Gasteiger partial charge in [0.2, 0.25) is 0 Å². The van der Waals surface area contributed by atoms with Crippen LogP contribution in [-0.2, 0) is 19.6 Å². The van der Waals surface area contributed by atoms with E-state index in [1.807, 2.05) is 13.8 Å². The van der Waals surface area contributed by atoms with E-state index in [4.69, 9.17) is 38.5 Å². The first kappa shape index (κ1) is 32.7. The van der Waals surface area contributed by atoms with Crippen LogP contribution in [0.15, 0.2) is 91.4 Å². The van der Waals surface area contributed by atoms with E-state index in [0.717, 1.165) is 0 Å². The van der Waals surface area contributed by atoms with Crippen LogP contribution in [0.5, 0.6) is 23.0 Å². The maximum absolute atomic E-state index is 12.7. The Hall–Kier alpha value is -4.80. The molecule has 0 unspecified atom stereocenters. The summed E-state index contributed by atoms with van der Waals surface area (Å²) in [6, 6.07) is 18.1. The summed E-state index contributed by atoms with van der Waals surface area (Å²) in [4.78, 5) is 44.7. The average Bonchev–Trinajstić information content (AvgIpc) is 3.02. The number of rotatable bonds is 18. The van der Waals surface area contributed by atoms with Gasteiger partial charge >= 0.3 is 11.9 Å². The highest BCUT2D eigenvalue weighted by Crippen LogP contribution is 2.26. The Labute approximate surface area is 251 Å². The highest BCUT2D eigenvalue weighted by molar-refractivity contribution is 5.92. The fourth-order valence-electron chi connectivity index (χ4n) is 3.40. The molecule has 0 N–H and O–H groups in total. The van der Waals surface area contributed by atoms with Crippen molar-refractivity contribution in [1.82, 2.24) is 0 Å². The van der Waals surface area contributed by atoms with Crippen molar-refractivity contribution in [3.63, 3.8) is 0 Å². The Morgan fingerprint density at radius 1 is 0.605 bits per heavy atom. The fraction of sp³-hybridized carbons (Fsp3) is 0.273. The van der Waals surface area contributed by atoms with E-state index >= 15 is 0 Å². The van der Waals surface area contributed by atoms with E-state index in [0.29, 0.717) is 79.0 Å². The van der Waals surface area contributed by atoms with Crippen molar-refractivity contribution in [2.45, 2.75) is 33.6 Å². The molecule has 43 heavy (non-hydrogen) atoms. The zero-order valence-electron chi connectivity index (χ0n) is 24.5. The molecule has 0 heterocycles. The van der Waals surface area contributed by atoms with Gasteiger partial charge in [0.05, 0.1) is 37.6 Å². The number of aryl methyl sites for hydroxylation is 1. The van der Waals surface area contributed by atoms with E-state index in [1.165, 1.54) is 12.5 Å². The molecule has 0 amide bonds. The molecular formula is C33H36O10. The number of benzene rings is 3. The number of ether oxygens (including phenoxy) is 4. The van der Waals surface area contributed by atoms with E-state index in [1.54, 1.807) is 85.8 Å². The van der Waals surface area contributed by atoms with Crippen LogP contribution >= 0.6 is 0 Å². The average molecular weight is 593 g/mol. The van der Waals surface area contributed by atoms with Gasteiger partial charge in [0.1, 0.15) is 35.5 Å². The molecule has 0 bridgehead atoms. The van der Waals surface area contributed by atoms with Crippen molar-refractivity contribution in [2.75, 3.05) is 26.4 Å². The zero-order valence-corrected chi connectivity index (χ0v) is 24.5. The molecule has 0 atom stereocenters. The summed E-state index contributed by atoms with van der Waals surface area (Å²) in [6.45, 7) is 7.06. The van der Waals surface area contributed by atoms with Crippen LogP contribution in [0.3, 0.4) is 0 Å². The lowest BCUT2D eigenvalue weighted by Crippen LogP contribution is -2.11. The molecule has 3 aromatic carbocycles.